The molecule has 1 saturated heterocycles. The molecular formula is C13H19N3O. The average Bonchev–Trinajstić information content (AvgIpc) is 2.38. The number of piperidine rings is 1. The number of nitrogen functional groups attached to an aromatic ring is 1. The van der Waals surface area contributed by atoms with Crippen molar-refractivity contribution in [1.82, 2.24) is 9.88 Å². The van der Waals surface area contributed by atoms with Gasteiger partial charge in [0.05, 0.1) is 5.56 Å². The fourth-order valence-electron chi connectivity index (χ4n) is 2.45. The van der Waals surface area contributed by atoms with Crippen LogP contribution < -0.4 is 5.73 Å². The van der Waals surface area contributed by atoms with Crippen LogP contribution in [0.4, 0.5) is 5.82 Å². The number of anilines is 1. The smallest absolute Gasteiger partial charge is 0.257 e. The Kier molecular flexibility index (Phi) is 3.61. The summed E-state index contributed by atoms with van der Waals surface area (Å²) >= 11 is 0. The molecule has 1 aliphatic heterocycles. The number of nitrogens with two attached hydrogens (primary N) is 1. The number of nitrogens with zero attached hydrogens (tertiary/aromatic N) is 2. The van der Waals surface area contributed by atoms with E-state index in [4.69, 9.17) is 5.73 Å². The molecule has 1 amide bonds. The van der Waals surface area contributed by atoms with Gasteiger partial charge >= 0.3 is 0 Å². The molecule has 0 radical (unpaired) electrons. The van der Waals surface area contributed by atoms with Gasteiger partial charge in [0.2, 0.25) is 0 Å². The van der Waals surface area contributed by atoms with Crippen molar-refractivity contribution in [3.8, 4) is 0 Å². The van der Waals surface area contributed by atoms with E-state index in [0.29, 0.717) is 17.4 Å². The van der Waals surface area contributed by atoms with Gasteiger partial charge in [-0.05, 0) is 37.8 Å². The number of likely N-dealkylation sites (tertiary alicyclic amines) is 1. The predicted octanol–water partition coefficient (Wildman–Crippen LogP) is 2.07. The molecule has 0 bridgehead atoms. The number of amides is 1. The number of rotatable bonds is 2. The minimum Gasteiger partial charge on any atom is -0.383 e. The van der Waals surface area contributed by atoms with Crippen LogP contribution in [-0.2, 0) is 0 Å². The summed E-state index contributed by atoms with van der Waals surface area (Å²) < 4.78 is 0. The zero-order chi connectivity index (χ0) is 12.3. The largest absolute Gasteiger partial charge is 0.383 e. The highest BCUT2D eigenvalue weighted by Gasteiger charge is 2.27. The lowest BCUT2D eigenvalue weighted by atomic mass is 9.99. The van der Waals surface area contributed by atoms with Crippen LogP contribution in [0.1, 0.15) is 43.0 Å². The molecule has 0 spiro atoms. The summed E-state index contributed by atoms with van der Waals surface area (Å²) in [7, 11) is 0. The van der Waals surface area contributed by atoms with Crippen LogP contribution in [0, 0.1) is 0 Å². The molecule has 0 saturated carbocycles. The first-order chi connectivity index (χ1) is 8.24. The van der Waals surface area contributed by atoms with Gasteiger partial charge in [-0.3, -0.25) is 4.79 Å². The molecule has 1 atom stereocenters. The second-order valence-corrected chi connectivity index (χ2v) is 4.49. The van der Waals surface area contributed by atoms with Crippen LogP contribution in [0.25, 0.3) is 0 Å². The molecule has 1 unspecified atom stereocenters. The number of aromatic nitrogens is 1. The standard InChI is InChI=1S/C13H19N3O/c1-2-10-6-3-4-9-16(10)13(17)11-7-5-8-15-12(11)14/h5,7-8,10H,2-4,6,9H2,1H3,(H2,14,15). The van der Waals surface area contributed by atoms with E-state index in [2.05, 4.69) is 11.9 Å². The van der Waals surface area contributed by atoms with Crippen LogP contribution >= 0.6 is 0 Å². The average molecular weight is 233 g/mol. The molecule has 92 valence electrons. The summed E-state index contributed by atoms with van der Waals surface area (Å²) in [5.74, 6) is 0.361. The number of carbonyl (C=O) groups is 1. The highest BCUT2D eigenvalue weighted by Crippen LogP contribution is 2.22. The maximum atomic E-state index is 12.4. The monoisotopic (exact) mass is 233 g/mol. The number of hydrogen-bond acceptors (Lipinski definition) is 3. The van der Waals surface area contributed by atoms with Gasteiger partial charge < -0.3 is 10.6 Å². The van der Waals surface area contributed by atoms with Crippen molar-refractivity contribution in [3.05, 3.63) is 23.9 Å². The minimum absolute atomic E-state index is 0.0298. The molecule has 4 heteroatoms. The van der Waals surface area contributed by atoms with Gasteiger partial charge in [0.15, 0.2) is 0 Å². The first kappa shape index (κ1) is 11.9. The second kappa shape index (κ2) is 5.17. The Labute approximate surface area is 102 Å². The fourth-order valence-corrected chi connectivity index (χ4v) is 2.45. The third kappa shape index (κ3) is 2.40. The number of carbonyl (C=O) groups excluding carboxylic acids is 1. The predicted molar refractivity (Wildman–Crippen MR) is 67.6 cm³/mol. The van der Waals surface area contributed by atoms with Crippen LogP contribution in [-0.4, -0.2) is 28.4 Å². The number of pyridine rings is 1. The fraction of sp³-hybridized carbons (Fsp3) is 0.538. The van der Waals surface area contributed by atoms with Gasteiger partial charge in [0.1, 0.15) is 5.82 Å². The van der Waals surface area contributed by atoms with Gasteiger partial charge in [-0.1, -0.05) is 6.92 Å². The summed E-state index contributed by atoms with van der Waals surface area (Å²) in [6.45, 7) is 2.97. The molecule has 0 aromatic carbocycles. The molecule has 2 rings (SSSR count). The van der Waals surface area contributed by atoms with Gasteiger partial charge in [0, 0.05) is 18.8 Å². The van der Waals surface area contributed by atoms with Crippen LogP contribution in [0.15, 0.2) is 18.3 Å². The van der Waals surface area contributed by atoms with E-state index < -0.39 is 0 Å². The molecule has 2 N–H and O–H groups in total. The lowest BCUT2D eigenvalue weighted by molar-refractivity contribution is 0.0609. The Balaban J connectivity index is 2.21. The van der Waals surface area contributed by atoms with Gasteiger partial charge in [-0.25, -0.2) is 4.98 Å². The van der Waals surface area contributed by atoms with Crippen LogP contribution in [0.2, 0.25) is 0 Å². The van der Waals surface area contributed by atoms with Crippen molar-refractivity contribution in [1.29, 1.82) is 0 Å². The lowest BCUT2D eigenvalue weighted by Gasteiger charge is -2.35. The van der Waals surface area contributed by atoms with Crippen LogP contribution in [0.5, 0.6) is 0 Å². The Hall–Kier alpha value is -1.58. The van der Waals surface area contributed by atoms with E-state index in [1.807, 2.05) is 4.90 Å². The van der Waals surface area contributed by atoms with Gasteiger partial charge in [-0.15, -0.1) is 0 Å². The Morgan fingerprint density at radius 3 is 3.12 bits per heavy atom. The minimum atomic E-state index is 0.0298. The summed E-state index contributed by atoms with van der Waals surface area (Å²) in [6.07, 6.45) is 6.02. The molecule has 17 heavy (non-hydrogen) atoms. The molecule has 1 fully saturated rings. The summed E-state index contributed by atoms with van der Waals surface area (Å²) in [5.41, 5.74) is 6.29. The third-order valence-electron chi connectivity index (χ3n) is 3.43. The Morgan fingerprint density at radius 2 is 2.41 bits per heavy atom. The van der Waals surface area contributed by atoms with E-state index in [1.165, 1.54) is 6.42 Å². The summed E-state index contributed by atoms with van der Waals surface area (Å²) in [6, 6.07) is 3.87. The van der Waals surface area contributed by atoms with E-state index in [0.717, 1.165) is 25.8 Å². The maximum absolute atomic E-state index is 12.4. The molecule has 1 aliphatic rings. The molecule has 1 aromatic heterocycles. The topological polar surface area (TPSA) is 59.2 Å². The first-order valence-corrected chi connectivity index (χ1v) is 6.25. The molecule has 2 heterocycles. The van der Waals surface area contributed by atoms with E-state index in [-0.39, 0.29) is 5.91 Å². The maximum Gasteiger partial charge on any atom is 0.257 e. The van der Waals surface area contributed by atoms with Crippen molar-refractivity contribution in [2.24, 2.45) is 0 Å². The quantitative estimate of drug-likeness (QED) is 0.850. The summed E-state index contributed by atoms with van der Waals surface area (Å²) in [5, 5.41) is 0. The Morgan fingerprint density at radius 1 is 1.59 bits per heavy atom. The highest BCUT2D eigenvalue weighted by atomic mass is 16.2. The molecular weight excluding hydrogens is 214 g/mol. The van der Waals surface area contributed by atoms with Crippen molar-refractivity contribution >= 4 is 11.7 Å². The van der Waals surface area contributed by atoms with Crippen molar-refractivity contribution in [3.63, 3.8) is 0 Å². The highest BCUT2D eigenvalue weighted by molar-refractivity contribution is 5.98. The van der Waals surface area contributed by atoms with Gasteiger partial charge in [-0.2, -0.15) is 0 Å². The molecule has 1 aromatic rings. The third-order valence-corrected chi connectivity index (χ3v) is 3.43. The second-order valence-electron chi connectivity index (χ2n) is 4.49. The van der Waals surface area contributed by atoms with Gasteiger partial charge in [0.25, 0.3) is 5.91 Å². The van der Waals surface area contributed by atoms with Crippen molar-refractivity contribution in [2.45, 2.75) is 38.6 Å². The lowest BCUT2D eigenvalue weighted by Crippen LogP contribution is -2.43. The van der Waals surface area contributed by atoms with E-state index >= 15 is 0 Å². The Bertz CT molecular complexity index is 405. The van der Waals surface area contributed by atoms with Crippen molar-refractivity contribution < 1.29 is 4.79 Å². The van der Waals surface area contributed by atoms with E-state index in [1.54, 1.807) is 18.3 Å². The zero-order valence-electron chi connectivity index (χ0n) is 10.2. The zero-order valence-corrected chi connectivity index (χ0v) is 10.2. The molecule has 4 nitrogen and oxygen atoms in total. The number of hydrogen-bond donors (Lipinski definition) is 1. The van der Waals surface area contributed by atoms with Crippen molar-refractivity contribution in [2.75, 3.05) is 12.3 Å². The first-order valence-electron chi connectivity index (χ1n) is 6.25. The van der Waals surface area contributed by atoms with E-state index in [9.17, 15) is 4.79 Å². The molecule has 0 aliphatic carbocycles. The SMILES string of the molecule is CCC1CCCCN1C(=O)c1cccnc1N. The summed E-state index contributed by atoms with van der Waals surface area (Å²) in [4.78, 5) is 18.3. The normalized spacial score (nSPS) is 20.3. The van der Waals surface area contributed by atoms with Crippen LogP contribution in [0.3, 0.4) is 0 Å².